The highest BCUT2D eigenvalue weighted by molar-refractivity contribution is 5.76. The number of carbonyl (C=O) groups is 1. The fourth-order valence-electron chi connectivity index (χ4n) is 1.59. The molecule has 0 aliphatic heterocycles. The van der Waals surface area contributed by atoms with E-state index in [0.717, 1.165) is 25.9 Å². The third-order valence-electron chi connectivity index (χ3n) is 2.81. The highest BCUT2D eigenvalue weighted by Crippen LogP contribution is 2.18. The zero-order valence-electron chi connectivity index (χ0n) is 10.2. The van der Waals surface area contributed by atoms with Crippen LogP contribution in [0.3, 0.4) is 0 Å². The average molecular weight is 223 g/mol. The maximum absolute atomic E-state index is 11.5. The maximum atomic E-state index is 11.5. The van der Waals surface area contributed by atoms with Gasteiger partial charge < -0.3 is 5.32 Å². The van der Waals surface area contributed by atoms with Crippen molar-refractivity contribution in [2.45, 2.75) is 51.6 Å². The van der Waals surface area contributed by atoms with E-state index in [9.17, 15) is 4.79 Å². The van der Waals surface area contributed by atoms with Gasteiger partial charge >= 0.3 is 0 Å². The number of nitrogens with one attached hydrogen (secondary N) is 1. The molecule has 1 aliphatic rings. The van der Waals surface area contributed by atoms with Crippen molar-refractivity contribution in [2.75, 3.05) is 13.1 Å². The summed E-state index contributed by atoms with van der Waals surface area (Å²) < 4.78 is 0. The lowest BCUT2D eigenvalue weighted by molar-refractivity contribution is -0.121. The van der Waals surface area contributed by atoms with E-state index in [1.165, 1.54) is 0 Å². The van der Waals surface area contributed by atoms with Gasteiger partial charge in [-0.05, 0) is 26.7 Å². The first-order valence-electron chi connectivity index (χ1n) is 6.04. The Morgan fingerprint density at radius 3 is 2.69 bits per heavy atom. The summed E-state index contributed by atoms with van der Waals surface area (Å²) in [6, 6.07) is 2.98. The number of carbonyl (C=O) groups excluding carboxylic acids is 1. The molecule has 1 fully saturated rings. The molecule has 1 aliphatic carbocycles. The van der Waals surface area contributed by atoms with Crippen LogP contribution in [0, 0.1) is 11.3 Å². The van der Waals surface area contributed by atoms with Gasteiger partial charge in [0.15, 0.2) is 0 Å². The molecule has 1 amide bonds. The van der Waals surface area contributed by atoms with Crippen LogP contribution in [0.4, 0.5) is 0 Å². The number of hydrogen-bond acceptors (Lipinski definition) is 3. The molecule has 0 unspecified atom stereocenters. The lowest BCUT2D eigenvalue weighted by Crippen LogP contribution is -2.36. The molecule has 0 aromatic heterocycles. The van der Waals surface area contributed by atoms with Crippen LogP contribution in [-0.2, 0) is 4.79 Å². The minimum absolute atomic E-state index is 0.144. The molecule has 90 valence electrons. The van der Waals surface area contributed by atoms with E-state index >= 15 is 0 Å². The van der Waals surface area contributed by atoms with Gasteiger partial charge in [0.1, 0.15) is 0 Å². The van der Waals surface area contributed by atoms with Gasteiger partial charge in [0.2, 0.25) is 5.91 Å². The number of rotatable bonds is 7. The van der Waals surface area contributed by atoms with E-state index < -0.39 is 0 Å². The van der Waals surface area contributed by atoms with Crippen LogP contribution in [0.5, 0.6) is 0 Å². The molecule has 1 rings (SSSR count). The van der Waals surface area contributed by atoms with Crippen LogP contribution in [0.15, 0.2) is 0 Å². The summed E-state index contributed by atoms with van der Waals surface area (Å²) >= 11 is 0. The molecule has 1 N–H and O–H groups in total. The number of nitrogens with zero attached hydrogens (tertiary/aromatic N) is 2. The maximum Gasteiger partial charge on any atom is 0.221 e. The van der Waals surface area contributed by atoms with Gasteiger partial charge in [-0.3, -0.25) is 9.69 Å². The predicted octanol–water partition coefficient (Wildman–Crippen LogP) is 1.28. The Hall–Kier alpha value is -1.08. The molecular weight excluding hydrogens is 202 g/mol. The number of nitriles is 1. The quantitative estimate of drug-likeness (QED) is 0.707. The second-order valence-corrected chi connectivity index (χ2v) is 4.63. The van der Waals surface area contributed by atoms with E-state index in [4.69, 9.17) is 5.26 Å². The zero-order chi connectivity index (χ0) is 12.0. The SMILES string of the molecule is CC(C)N(CCC#N)CCC(=O)NC1CC1. The summed E-state index contributed by atoms with van der Waals surface area (Å²) in [4.78, 5) is 13.7. The van der Waals surface area contributed by atoms with E-state index in [-0.39, 0.29) is 5.91 Å². The molecule has 0 atom stereocenters. The smallest absolute Gasteiger partial charge is 0.221 e. The highest BCUT2D eigenvalue weighted by atomic mass is 16.1. The van der Waals surface area contributed by atoms with E-state index in [1.807, 2.05) is 0 Å². The first-order chi connectivity index (χ1) is 7.63. The van der Waals surface area contributed by atoms with Crippen molar-refractivity contribution >= 4 is 5.91 Å². The van der Waals surface area contributed by atoms with E-state index in [2.05, 4.69) is 30.1 Å². The normalized spacial score (nSPS) is 15.2. The average Bonchev–Trinajstić information content (AvgIpc) is 3.01. The molecule has 0 aromatic carbocycles. The first kappa shape index (κ1) is 13.0. The summed E-state index contributed by atoms with van der Waals surface area (Å²) in [5.74, 6) is 0.144. The van der Waals surface area contributed by atoms with Crippen LogP contribution in [-0.4, -0.2) is 36.0 Å². The lowest BCUT2D eigenvalue weighted by atomic mass is 10.2. The third-order valence-corrected chi connectivity index (χ3v) is 2.81. The molecule has 4 heteroatoms. The lowest BCUT2D eigenvalue weighted by Gasteiger charge is -2.24. The van der Waals surface area contributed by atoms with Crippen LogP contribution < -0.4 is 5.32 Å². The van der Waals surface area contributed by atoms with Gasteiger partial charge in [-0.2, -0.15) is 5.26 Å². The molecule has 0 aromatic rings. The standard InChI is InChI=1S/C12H21N3O/c1-10(2)15(8-3-7-13)9-6-12(16)14-11-4-5-11/h10-11H,3-6,8-9H2,1-2H3,(H,14,16). The molecule has 0 spiro atoms. The van der Waals surface area contributed by atoms with Gasteiger partial charge in [-0.25, -0.2) is 0 Å². The Labute approximate surface area is 97.6 Å². The third kappa shape index (κ3) is 5.13. The monoisotopic (exact) mass is 223 g/mol. The fourth-order valence-corrected chi connectivity index (χ4v) is 1.59. The molecule has 1 saturated carbocycles. The van der Waals surface area contributed by atoms with Crippen molar-refractivity contribution in [3.05, 3.63) is 0 Å². The van der Waals surface area contributed by atoms with Crippen molar-refractivity contribution < 1.29 is 4.79 Å². The summed E-state index contributed by atoms with van der Waals surface area (Å²) in [7, 11) is 0. The molecular formula is C12H21N3O. The van der Waals surface area contributed by atoms with Gasteiger partial charge in [-0.15, -0.1) is 0 Å². The summed E-state index contributed by atoms with van der Waals surface area (Å²) in [6.45, 7) is 5.69. The van der Waals surface area contributed by atoms with Crippen LogP contribution in [0.2, 0.25) is 0 Å². The zero-order valence-corrected chi connectivity index (χ0v) is 10.2. The molecule has 0 saturated heterocycles. The fraction of sp³-hybridized carbons (Fsp3) is 0.833. The van der Waals surface area contributed by atoms with Gasteiger partial charge in [0, 0.05) is 38.0 Å². The van der Waals surface area contributed by atoms with Crippen molar-refractivity contribution in [1.82, 2.24) is 10.2 Å². The molecule has 0 heterocycles. The predicted molar refractivity (Wildman–Crippen MR) is 62.7 cm³/mol. The Bertz CT molecular complexity index is 266. The minimum Gasteiger partial charge on any atom is -0.353 e. The van der Waals surface area contributed by atoms with E-state index in [1.54, 1.807) is 0 Å². The largest absolute Gasteiger partial charge is 0.353 e. The second-order valence-electron chi connectivity index (χ2n) is 4.63. The summed E-state index contributed by atoms with van der Waals surface area (Å²) in [5, 5.41) is 11.5. The van der Waals surface area contributed by atoms with Gasteiger partial charge in [-0.1, -0.05) is 0 Å². The van der Waals surface area contributed by atoms with Crippen molar-refractivity contribution in [1.29, 1.82) is 5.26 Å². The van der Waals surface area contributed by atoms with Crippen molar-refractivity contribution in [3.63, 3.8) is 0 Å². The minimum atomic E-state index is 0.144. The first-order valence-corrected chi connectivity index (χ1v) is 6.04. The Morgan fingerprint density at radius 2 is 2.19 bits per heavy atom. The van der Waals surface area contributed by atoms with Gasteiger partial charge in [0.25, 0.3) is 0 Å². The molecule has 16 heavy (non-hydrogen) atoms. The Kier molecular flexibility index (Phi) is 5.27. The second kappa shape index (κ2) is 6.49. The molecule has 0 radical (unpaired) electrons. The molecule has 0 bridgehead atoms. The highest BCUT2D eigenvalue weighted by Gasteiger charge is 2.23. The van der Waals surface area contributed by atoms with Crippen LogP contribution in [0.1, 0.15) is 39.5 Å². The van der Waals surface area contributed by atoms with Crippen LogP contribution in [0.25, 0.3) is 0 Å². The molecule has 4 nitrogen and oxygen atoms in total. The topological polar surface area (TPSA) is 56.1 Å². The van der Waals surface area contributed by atoms with Crippen molar-refractivity contribution in [3.8, 4) is 6.07 Å². The summed E-state index contributed by atoms with van der Waals surface area (Å²) in [5.41, 5.74) is 0. The number of hydrogen-bond donors (Lipinski definition) is 1. The van der Waals surface area contributed by atoms with E-state index in [0.29, 0.717) is 24.9 Å². The Balaban J connectivity index is 2.19. The van der Waals surface area contributed by atoms with Gasteiger partial charge in [0.05, 0.1) is 6.07 Å². The van der Waals surface area contributed by atoms with Crippen LogP contribution >= 0.6 is 0 Å². The Morgan fingerprint density at radius 1 is 1.50 bits per heavy atom. The van der Waals surface area contributed by atoms with Crippen molar-refractivity contribution in [2.24, 2.45) is 0 Å². The number of amides is 1. The summed E-state index contributed by atoms with van der Waals surface area (Å²) in [6.07, 6.45) is 3.34.